The van der Waals surface area contributed by atoms with E-state index in [4.69, 9.17) is 9.47 Å². The SMILES string of the molecule is CCCCCCCCCCCc1ccccc1OC(C)COC(=O)C(C)C[N+](C)(C)Cc1ccccc1. The Kier molecular flexibility index (Phi) is 14.4. The highest BCUT2D eigenvalue weighted by molar-refractivity contribution is 5.72. The number of carbonyl (C=O) groups excluding carboxylic acids is 1. The minimum atomic E-state index is -0.188. The highest BCUT2D eigenvalue weighted by Gasteiger charge is 2.26. The van der Waals surface area contributed by atoms with E-state index in [-0.39, 0.29) is 24.6 Å². The number of hydrogen-bond donors (Lipinski definition) is 0. The summed E-state index contributed by atoms with van der Waals surface area (Å²) in [5.41, 5.74) is 2.52. The molecule has 0 spiro atoms. The molecule has 0 bridgehead atoms. The quantitative estimate of drug-likeness (QED) is 0.109. The number of benzene rings is 2. The molecule has 0 N–H and O–H groups in total. The Morgan fingerprint density at radius 3 is 2.08 bits per heavy atom. The molecule has 2 aromatic carbocycles. The molecule has 0 aliphatic heterocycles. The van der Waals surface area contributed by atoms with Crippen molar-refractivity contribution in [1.29, 1.82) is 0 Å². The lowest BCUT2D eigenvalue weighted by Crippen LogP contribution is -2.44. The number of quaternary nitrogens is 1. The van der Waals surface area contributed by atoms with Crippen LogP contribution in [0.15, 0.2) is 54.6 Å². The van der Waals surface area contributed by atoms with Crippen LogP contribution in [0.1, 0.15) is 89.7 Å². The zero-order valence-electron chi connectivity index (χ0n) is 24.2. The first-order valence-electron chi connectivity index (χ1n) is 14.6. The summed E-state index contributed by atoms with van der Waals surface area (Å²) in [5, 5.41) is 0. The largest absolute Gasteiger partial charge is 0.487 e. The number of aryl methyl sites for hydroxylation is 1. The van der Waals surface area contributed by atoms with Crippen molar-refractivity contribution in [3.05, 3.63) is 65.7 Å². The van der Waals surface area contributed by atoms with Gasteiger partial charge in [0.2, 0.25) is 0 Å². The van der Waals surface area contributed by atoms with Crippen LogP contribution < -0.4 is 4.74 Å². The highest BCUT2D eigenvalue weighted by atomic mass is 16.6. The van der Waals surface area contributed by atoms with Gasteiger partial charge in [-0.15, -0.1) is 0 Å². The molecule has 0 aromatic heterocycles. The monoisotopic (exact) mass is 510 g/mol. The molecule has 4 heteroatoms. The first kappa shape index (κ1) is 30.9. The van der Waals surface area contributed by atoms with Gasteiger partial charge in [0.15, 0.2) is 0 Å². The number of ether oxygens (including phenoxy) is 2. The van der Waals surface area contributed by atoms with Gasteiger partial charge in [0.05, 0.1) is 20.6 Å². The average molecular weight is 511 g/mol. The van der Waals surface area contributed by atoms with Gasteiger partial charge < -0.3 is 14.0 Å². The average Bonchev–Trinajstić information content (AvgIpc) is 2.87. The Bertz CT molecular complexity index is 880. The van der Waals surface area contributed by atoms with E-state index in [1.54, 1.807) is 0 Å². The Hall–Kier alpha value is -2.33. The predicted octanol–water partition coefficient (Wildman–Crippen LogP) is 7.98. The van der Waals surface area contributed by atoms with Crippen LogP contribution in [0.25, 0.3) is 0 Å². The van der Waals surface area contributed by atoms with Gasteiger partial charge in [-0.1, -0.05) is 107 Å². The van der Waals surface area contributed by atoms with Crippen molar-refractivity contribution in [2.45, 2.75) is 97.6 Å². The Morgan fingerprint density at radius 2 is 1.41 bits per heavy atom. The number of unbranched alkanes of at least 4 members (excludes halogenated alkanes) is 8. The third-order valence-corrected chi connectivity index (χ3v) is 6.93. The third kappa shape index (κ3) is 13.2. The summed E-state index contributed by atoms with van der Waals surface area (Å²) < 4.78 is 12.6. The lowest BCUT2D eigenvalue weighted by molar-refractivity contribution is -0.905. The fraction of sp³-hybridized carbons (Fsp3) is 0.606. The summed E-state index contributed by atoms with van der Waals surface area (Å²) in [6.45, 7) is 8.08. The van der Waals surface area contributed by atoms with Crippen molar-refractivity contribution in [2.24, 2.45) is 5.92 Å². The van der Waals surface area contributed by atoms with E-state index in [2.05, 4.69) is 57.4 Å². The van der Waals surface area contributed by atoms with Gasteiger partial charge in [-0.2, -0.15) is 0 Å². The number of rotatable bonds is 19. The topological polar surface area (TPSA) is 35.5 Å². The minimum Gasteiger partial charge on any atom is -0.487 e. The van der Waals surface area contributed by atoms with Crippen LogP contribution >= 0.6 is 0 Å². The zero-order chi connectivity index (χ0) is 26.9. The van der Waals surface area contributed by atoms with Crippen molar-refractivity contribution >= 4 is 5.97 Å². The van der Waals surface area contributed by atoms with E-state index in [0.717, 1.165) is 29.7 Å². The van der Waals surface area contributed by atoms with Crippen LogP contribution in [0.5, 0.6) is 5.75 Å². The lowest BCUT2D eigenvalue weighted by Gasteiger charge is -2.32. The highest BCUT2D eigenvalue weighted by Crippen LogP contribution is 2.22. The molecule has 37 heavy (non-hydrogen) atoms. The van der Waals surface area contributed by atoms with Gasteiger partial charge in [0, 0.05) is 5.56 Å². The van der Waals surface area contributed by atoms with E-state index in [1.165, 1.54) is 68.9 Å². The maximum atomic E-state index is 12.7. The van der Waals surface area contributed by atoms with Crippen molar-refractivity contribution in [2.75, 3.05) is 27.2 Å². The lowest BCUT2D eigenvalue weighted by atomic mass is 10.0. The molecule has 0 saturated carbocycles. The van der Waals surface area contributed by atoms with E-state index >= 15 is 0 Å². The first-order chi connectivity index (χ1) is 17.8. The van der Waals surface area contributed by atoms with Crippen LogP contribution in [0.4, 0.5) is 0 Å². The summed E-state index contributed by atoms with van der Waals surface area (Å²) in [6.07, 6.45) is 12.8. The summed E-state index contributed by atoms with van der Waals surface area (Å²) in [5.74, 6) is 0.585. The van der Waals surface area contributed by atoms with Crippen molar-refractivity contribution in [3.8, 4) is 5.75 Å². The molecule has 0 heterocycles. The maximum Gasteiger partial charge on any atom is 0.314 e. The van der Waals surface area contributed by atoms with Gasteiger partial charge in [0.1, 0.15) is 30.9 Å². The van der Waals surface area contributed by atoms with E-state index in [1.807, 2.05) is 32.0 Å². The summed E-state index contributed by atoms with van der Waals surface area (Å²) in [4.78, 5) is 12.7. The molecule has 0 radical (unpaired) electrons. The number of nitrogens with zero attached hydrogens (tertiary/aromatic N) is 1. The fourth-order valence-corrected chi connectivity index (χ4v) is 5.00. The second-order valence-electron chi connectivity index (χ2n) is 11.4. The minimum absolute atomic E-state index is 0.155. The third-order valence-electron chi connectivity index (χ3n) is 6.93. The van der Waals surface area contributed by atoms with E-state index < -0.39 is 0 Å². The zero-order valence-corrected chi connectivity index (χ0v) is 24.2. The Labute approximate surface area is 227 Å². The first-order valence-corrected chi connectivity index (χ1v) is 14.6. The van der Waals surface area contributed by atoms with E-state index in [9.17, 15) is 4.79 Å². The second kappa shape index (κ2) is 17.2. The molecule has 2 aromatic rings. The molecule has 0 aliphatic carbocycles. The predicted molar refractivity (Wildman–Crippen MR) is 155 cm³/mol. The van der Waals surface area contributed by atoms with Gasteiger partial charge in [-0.3, -0.25) is 4.79 Å². The molecule has 2 atom stereocenters. The number of esters is 1. The smallest absolute Gasteiger partial charge is 0.314 e. The molecule has 0 amide bonds. The van der Waals surface area contributed by atoms with Gasteiger partial charge >= 0.3 is 5.97 Å². The van der Waals surface area contributed by atoms with Crippen molar-refractivity contribution < 1.29 is 18.8 Å². The van der Waals surface area contributed by atoms with Gasteiger partial charge in [0.25, 0.3) is 0 Å². The van der Waals surface area contributed by atoms with E-state index in [0.29, 0.717) is 0 Å². The normalized spacial score (nSPS) is 13.2. The van der Waals surface area contributed by atoms with Crippen molar-refractivity contribution in [3.63, 3.8) is 0 Å². The molecule has 0 saturated heterocycles. The molecular weight excluding hydrogens is 458 g/mol. The summed E-state index contributed by atoms with van der Waals surface area (Å²) >= 11 is 0. The maximum absolute atomic E-state index is 12.7. The van der Waals surface area contributed by atoms with Gasteiger partial charge in [-0.25, -0.2) is 0 Å². The second-order valence-corrected chi connectivity index (χ2v) is 11.4. The Morgan fingerprint density at radius 1 is 0.811 bits per heavy atom. The molecule has 0 fully saturated rings. The van der Waals surface area contributed by atoms with Crippen LogP contribution in [0, 0.1) is 5.92 Å². The van der Waals surface area contributed by atoms with Crippen LogP contribution in [0.3, 0.4) is 0 Å². The fourth-order valence-electron chi connectivity index (χ4n) is 5.00. The molecule has 2 rings (SSSR count). The number of hydrogen-bond acceptors (Lipinski definition) is 3. The Balaban J connectivity index is 1.70. The standard InChI is InChI=1S/C33H52NO3/c1-6-7-8-9-10-11-12-13-17-22-31-23-18-19-24-32(31)37-29(3)27-36-33(35)28(2)25-34(4,5)26-30-20-15-14-16-21-30/h14-16,18-21,23-24,28-29H,6-13,17,22,25-27H2,1-5H3/q+1. The molecular formula is C33H52NO3+. The molecule has 2 unspecified atom stereocenters. The van der Waals surface area contributed by atoms with Crippen LogP contribution in [-0.4, -0.2) is 43.8 Å². The van der Waals surface area contributed by atoms with Gasteiger partial charge in [-0.05, 0) is 38.3 Å². The summed E-state index contributed by atoms with van der Waals surface area (Å²) in [6, 6.07) is 18.7. The van der Waals surface area contributed by atoms with Crippen LogP contribution in [0.2, 0.25) is 0 Å². The summed E-state index contributed by atoms with van der Waals surface area (Å²) in [7, 11) is 4.32. The van der Waals surface area contributed by atoms with Crippen LogP contribution in [-0.2, 0) is 22.5 Å². The number of carbonyl (C=O) groups is 1. The molecule has 206 valence electrons. The van der Waals surface area contributed by atoms with Crippen molar-refractivity contribution in [1.82, 2.24) is 0 Å². The molecule has 4 nitrogen and oxygen atoms in total. The molecule has 0 aliphatic rings. The number of para-hydroxylation sites is 1.